The average molecular weight is 637 g/mol. The summed E-state index contributed by atoms with van der Waals surface area (Å²) >= 11 is 8.61. The van der Waals surface area contributed by atoms with Gasteiger partial charge in [0.05, 0.1) is 14.9 Å². The van der Waals surface area contributed by atoms with E-state index in [4.69, 9.17) is 22.6 Å². The predicted octanol–water partition coefficient (Wildman–Crippen LogP) is 8.58. The quantitative estimate of drug-likeness (QED) is 0.158. The fraction of sp³-hybridized carbons (Fsp3) is 0.0968. The molecule has 0 fully saturated rings. The van der Waals surface area contributed by atoms with Crippen LogP contribution in [0.5, 0.6) is 0 Å². The number of nitrogen functional groups attached to an aromatic ring is 1. The van der Waals surface area contributed by atoms with Crippen LogP contribution in [-0.4, -0.2) is 26.7 Å². The van der Waals surface area contributed by atoms with E-state index >= 15 is 0 Å². The van der Waals surface area contributed by atoms with Gasteiger partial charge in [0.15, 0.2) is 23.7 Å². The van der Waals surface area contributed by atoms with Gasteiger partial charge in [0.25, 0.3) is 0 Å². The third-order valence-corrected chi connectivity index (χ3v) is 7.93. The second kappa shape index (κ2) is 16.1. The first-order valence-corrected chi connectivity index (χ1v) is 14.4. The lowest BCUT2D eigenvalue weighted by molar-refractivity contribution is 0.112. The van der Waals surface area contributed by atoms with Gasteiger partial charge >= 0.3 is 0 Å². The lowest BCUT2D eigenvalue weighted by Crippen LogP contribution is -1.92. The number of aromatic amines is 2. The Hall–Kier alpha value is -4.63. The van der Waals surface area contributed by atoms with Crippen LogP contribution in [0.15, 0.2) is 84.9 Å². The molecule has 0 radical (unpaired) electrons. The fourth-order valence-electron chi connectivity index (χ4n) is 3.67. The Morgan fingerprint density at radius 2 is 1.53 bits per heavy atom. The molecule has 0 bridgehead atoms. The van der Waals surface area contributed by atoms with E-state index in [-0.39, 0.29) is 19.1 Å². The van der Waals surface area contributed by atoms with Gasteiger partial charge in [-0.2, -0.15) is 15.5 Å². The largest absolute Gasteiger partial charge is 0.380 e. The third-order valence-electron chi connectivity index (χ3n) is 5.72. The summed E-state index contributed by atoms with van der Waals surface area (Å²) in [5.74, 6) is -0.857. The number of nitriles is 1. The summed E-state index contributed by atoms with van der Waals surface area (Å²) < 4.78 is 28.3. The fourth-order valence-corrected chi connectivity index (χ4v) is 5.37. The van der Waals surface area contributed by atoms with E-state index in [0.29, 0.717) is 33.3 Å². The zero-order valence-corrected chi connectivity index (χ0v) is 24.2. The maximum absolute atomic E-state index is 14.3. The van der Waals surface area contributed by atoms with Crippen molar-refractivity contribution in [3.63, 3.8) is 0 Å². The van der Waals surface area contributed by atoms with Crippen molar-refractivity contribution >= 4 is 46.4 Å². The summed E-state index contributed by atoms with van der Waals surface area (Å²) in [6.45, 7) is 0. The highest BCUT2D eigenvalue weighted by molar-refractivity contribution is 7.16. The van der Waals surface area contributed by atoms with Gasteiger partial charge in [-0.3, -0.25) is 15.0 Å². The summed E-state index contributed by atoms with van der Waals surface area (Å²) in [6, 6.07) is 27.5. The first-order valence-electron chi connectivity index (χ1n) is 12.4. The second-order valence-electron chi connectivity index (χ2n) is 8.53. The van der Waals surface area contributed by atoms with E-state index in [1.165, 1.54) is 22.7 Å². The topological polar surface area (TPSA) is 124 Å². The van der Waals surface area contributed by atoms with Crippen molar-refractivity contribution in [1.82, 2.24) is 20.4 Å². The normalized spacial score (nSPS) is 9.91. The summed E-state index contributed by atoms with van der Waals surface area (Å²) in [4.78, 5) is 12.4. The Morgan fingerprint density at radius 3 is 2.05 bits per heavy atom. The van der Waals surface area contributed by atoms with E-state index < -0.39 is 5.82 Å². The standard InChI is InChI=1S/C15H12ClFN2S.C9H8FN3.C6H3NOS.CH4/c16-13-9-7-11(20-13)6-8-12-14(17)15(19-18-12)10-4-2-1-3-5-10;10-7-8(12-13-9(7)11)6-4-2-1-3-5-6;7-3-5-1-2-6(4-8)9-5;/h1-5,7,9H,6,8H2,(H,18,19);1-5H,(H3,11,12,13);1-2,4H;1H4. The Balaban J connectivity index is 0.000000190. The first-order chi connectivity index (χ1) is 20.4. The molecule has 0 atom stereocenters. The van der Waals surface area contributed by atoms with Crippen molar-refractivity contribution in [2.45, 2.75) is 20.3 Å². The van der Waals surface area contributed by atoms with Crippen molar-refractivity contribution in [1.29, 1.82) is 5.26 Å². The SMILES string of the molecule is C.Fc1c(-c2ccccc2)n[nH]c1CCc1ccc(Cl)s1.N#Cc1ccc(C=O)s1.Nc1n[nH]c(-c2ccccc2)c1F. The molecule has 0 aliphatic rings. The lowest BCUT2D eigenvalue weighted by atomic mass is 10.1. The van der Waals surface area contributed by atoms with Crippen LogP contribution >= 0.6 is 34.3 Å². The number of aromatic nitrogens is 4. The number of carbonyl (C=O) groups is 1. The molecule has 4 aromatic heterocycles. The molecule has 4 heterocycles. The number of halogens is 3. The molecular formula is C31H27ClF2N6OS2. The second-order valence-corrected chi connectivity index (χ2v) is 11.4. The molecule has 7 nitrogen and oxygen atoms in total. The number of nitrogens with two attached hydrogens (primary N) is 1. The summed E-state index contributed by atoms with van der Waals surface area (Å²) in [5.41, 5.74) is 8.03. The molecule has 12 heteroatoms. The Bertz CT molecular complexity index is 1770. The molecule has 0 aliphatic heterocycles. The van der Waals surface area contributed by atoms with Crippen molar-refractivity contribution in [3.8, 4) is 28.6 Å². The van der Waals surface area contributed by atoms with Crippen molar-refractivity contribution < 1.29 is 13.6 Å². The monoisotopic (exact) mass is 636 g/mol. The number of carbonyl (C=O) groups excluding carboxylic acids is 1. The molecule has 0 unspecified atom stereocenters. The van der Waals surface area contributed by atoms with Gasteiger partial charge in [0, 0.05) is 16.0 Å². The van der Waals surface area contributed by atoms with Gasteiger partial charge in [-0.1, -0.05) is 79.7 Å². The van der Waals surface area contributed by atoms with Crippen LogP contribution in [0.1, 0.15) is 32.5 Å². The van der Waals surface area contributed by atoms with Crippen LogP contribution in [0.3, 0.4) is 0 Å². The molecule has 0 saturated carbocycles. The summed E-state index contributed by atoms with van der Waals surface area (Å²) in [6.07, 6.45) is 2.08. The smallest absolute Gasteiger partial charge is 0.192 e. The minimum Gasteiger partial charge on any atom is -0.380 e. The molecule has 0 amide bonds. The summed E-state index contributed by atoms with van der Waals surface area (Å²) in [7, 11) is 0. The molecule has 0 spiro atoms. The van der Waals surface area contributed by atoms with Gasteiger partial charge in [-0.05, 0) is 37.1 Å². The number of nitrogens with one attached hydrogen (secondary N) is 2. The first kappa shape index (κ1) is 32.9. The highest BCUT2D eigenvalue weighted by Gasteiger charge is 2.14. The maximum Gasteiger partial charge on any atom is 0.192 e. The molecule has 6 aromatic rings. The highest BCUT2D eigenvalue weighted by atomic mass is 35.5. The number of benzene rings is 2. The van der Waals surface area contributed by atoms with Crippen molar-refractivity contribution in [2.24, 2.45) is 0 Å². The number of aryl methyl sites for hydroxylation is 2. The molecule has 2 aromatic carbocycles. The minimum absolute atomic E-state index is 0. The van der Waals surface area contributed by atoms with E-state index in [1.54, 1.807) is 24.3 Å². The maximum atomic E-state index is 14.3. The number of rotatable bonds is 6. The Kier molecular flexibility index (Phi) is 12.3. The van der Waals surface area contributed by atoms with Gasteiger partial charge in [0.1, 0.15) is 22.3 Å². The number of H-pyrrole nitrogens is 2. The molecule has 6 rings (SSSR count). The molecular weight excluding hydrogens is 610 g/mol. The number of thiophene rings is 2. The number of hydrogen-bond donors (Lipinski definition) is 3. The zero-order valence-electron chi connectivity index (χ0n) is 21.9. The van der Waals surface area contributed by atoms with E-state index in [9.17, 15) is 13.6 Å². The van der Waals surface area contributed by atoms with Gasteiger partial charge < -0.3 is 5.73 Å². The lowest BCUT2D eigenvalue weighted by Gasteiger charge is -1.97. The Labute approximate surface area is 260 Å². The van der Waals surface area contributed by atoms with Crippen molar-refractivity contribution in [2.75, 3.05) is 5.73 Å². The number of anilines is 1. The highest BCUT2D eigenvalue weighted by Crippen LogP contribution is 2.26. The molecule has 0 saturated heterocycles. The average Bonchev–Trinajstić information content (AvgIpc) is 3.82. The van der Waals surface area contributed by atoms with Crippen LogP contribution in [0.25, 0.3) is 22.5 Å². The minimum atomic E-state index is -0.494. The number of nitrogens with zero attached hydrogens (tertiary/aromatic N) is 3. The molecule has 0 aliphatic carbocycles. The van der Waals surface area contributed by atoms with Crippen LogP contribution in [0, 0.1) is 23.0 Å². The summed E-state index contributed by atoms with van der Waals surface area (Å²) in [5, 5.41) is 21.3. The number of aldehydes is 1. The van der Waals surface area contributed by atoms with Crippen LogP contribution in [0.2, 0.25) is 4.34 Å². The van der Waals surface area contributed by atoms with Crippen LogP contribution < -0.4 is 5.73 Å². The zero-order chi connectivity index (χ0) is 29.9. The molecule has 43 heavy (non-hydrogen) atoms. The van der Waals surface area contributed by atoms with Crippen LogP contribution in [-0.2, 0) is 12.8 Å². The van der Waals surface area contributed by atoms with E-state index in [1.807, 2.05) is 66.7 Å². The number of hydrogen-bond acceptors (Lipinski definition) is 7. The van der Waals surface area contributed by atoms with Gasteiger partial charge in [-0.25, -0.2) is 8.78 Å². The van der Waals surface area contributed by atoms with Gasteiger partial charge in [0.2, 0.25) is 0 Å². The van der Waals surface area contributed by atoms with Crippen molar-refractivity contribution in [3.05, 3.63) is 121 Å². The molecule has 220 valence electrons. The van der Waals surface area contributed by atoms with E-state index in [0.717, 1.165) is 33.0 Å². The predicted molar refractivity (Wildman–Crippen MR) is 170 cm³/mol. The van der Waals surface area contributed by atoms with E-state index in [2.05, 4.69) is 20.4 Å². The molecule has 4 N–H and O–H groups in total. The third kappa shape index (κ3) is 8.93. The Morgan fingerprint density at radius 1 is 0.860 bits per heavy atom. The van der Waals surface area contributed by atoms with Crippen LogP contribution in [0.4, 0.5) is 14.6 Å². The van der Waals surface area contributed by atoms with Gasteiger partial charge in [-0.15, -0.1) is 22.7 Å².